The summed E-state index contributed by atoms with van der Waals surface area (Å²) in [7, 11) is 0. The minimum absolute atomic E-state index is 0.870. The van der Waals surface area contributed by atoms with Crippen molar-refractivity contribution in [3.63, 3.8) is 0 Å². The molecule has 110 valence electrons. The lowest BCUT2D eigenvalue weighted by Crippen LogP contribution is -2.07. The van der Waals surface area contributed by atoms with Gasteiger partial charge in [0, 0.05) is 13.1 Å². The zero-order valence-electron chi connectivity index (χ0n) is 11.9. The van der Waals surface area contributed by atoms with Crippen molar-refractivity contribution < 1.29 is 0 Å². The molecule has 0 amide bonds. The highest BCUT2D eigenvalue weighted by molar-refractivity contribution is 7.16. The van der Waals surface area contributed by atoms with Gasteiger partial charge < -0.3 is 9.88 Å². The first kappa shape index (κ1) is 13.2. The Morgan fingerprint density at radius 1 is 1.09 bits per heavy atom. The van der Waals surface area contributed by atoms with Crippen LogP contribution in [0.5, 0.6) is 0 Å². The van der Waals surface area contributed by atoms with E-state index in [2.05, 4.69) is 37.0 Å². The van der Waals surface area contributed by atoms with Gasteiger partial charge in [-0.1, -0.05) is 12.1 Å². The van der Waals surface area contributed by atoms with Gasteiger partial charge in [0.2, 0.25) is 0 Å². The highest BCUT2D eigenvalue weighted by Crippen LogP contribution is 2.23. The average molecular weight is 309 g/mol. The normalized spacial score (nSPS) is 11.3. The summed E-state index contributed by atoms with van der Waals surface area (Å²) in [6.07, 6.45) is 4.53. The predicted molar refractivity (Wildman–Crippen MR) is 90.3 cm³/mol. The van der Waals surface area contributed by atoms with E-state index in [0.29, 0.717) is 0 Å². The van der Waals surface area contributed by atoms with E-state index in [1.54, 1.807) is 17.7 Å². The Kier molecular flexibility index (Phi) is 3.44. The number of nitrogens with zero attached hydrogens (tertiary/aromatic N) is 4. The van der Waals surface area contributed by atoms with Crippen LogP contribution in [0, 0.1) is 0 Å². The van der Waals surface area contributed by atoms with Crippen molar-refractivity contribution in [3.05, 3.63) is 48.4 Å². The molecule has 6 heteroatoms. The summed E-state index contributed by atoms with van der Waals surface area (Å²) in [6, 6.07) is 10.3. The number of para-hydroxylation sites is 2. The number of nitrogens with one attached hydrogen (secondary N) is 1. The van der Waals surface area contributed by atoms with Crippen LogP contribution in [-0.2, 0) is 6.54 Å². The summed E-state index contributed by atoms with van der Waals surface area (Å²) in [5.41, 5.74) is 2.23. The fourth-order valence-corrected chi connectivity index (χ4v) is 3.31. The Bertz CT molecular complexity index is 911. The lowest BCUT2D eigenvalue weighted by molar-refractivity contribution is 0.677. The molecule has 0 atom stereocenters. The largest absolute Gasteiger partial charge is 0.369 e. The topological polar surface area (TPSA) is 55.6 Å². The highest BCUT2D eigenvalue weighted by Gasteiger charge is 2.04. The molecule has 3 aromatic heterocycles. The molecule has 0 unspecified atom stereocenters. The van der Waals surface area contributed by atoms with Gasteiger partial charge in [-0.25, -0.2) is 15.0 Å². The number of fused-ring (bicyclic) bond motifs is 2. The molecule has 0 bridgehead atoms. The van der Waals surface area contributed by atoms with Gasteiger partial charge >= 0.3 is 0 Å². The number of imidazole rings is 1. The molecule has 0 saturated heterocycles. The van der Waals surface area contributed by atoms with Gasteiger partial charge in [0.15, 0.2) is 0 Å². The van der Waals surface area contributed by atoms with Gasteiger partial charge in [-0.3, -0.25) is 0 Å². The number of benzene rings is 1. The maximum Gasteiger partial charge on any atom is 0.138 e. The molecule has 0 radical (unpaired) electrons. The van der Waals surface area contributed by atoms with Crippen LogP contribution in [-0.4, -0.2) is 26.1 Å². The second-order valence-electron chi connectivity index (χ2n) is 5.07. The number of aryl methyl sites for hydroxylation is 1. The molecule has 0 aliphatic rings. The first-order valence-corrected chi connectivity index (χ1v) is 8.12. The van der Waals surface area contributed by atoms with Gasteiger partial charge in [-0.2, -0.15) is 0 Å². The number of thiophene rings is 1. The Morgan fingerprint density at radius 3 is 3.05 bits per heavy atom. The summed E-state index contributed by atoms with van der Waals surface area (Å²) < 4.78 is 2.19. The summed E-state index contributed by atoms with van der Waals surface area (Å²) in [5.74, 6) is 0.918. The molecule has 0 aliphatic heterocycles. The second-order valence-corrected chi connectivity index (χ2v) is 5.96. The van der Waals surface area contributed by atoms with Crippen LogP contribution in [0.25, 0.3) is 21.3 Å². The predicted octanol–water partition coefficient (Wildman–Crippen LogP) is 3.54. The maximum absolute atomic E-state index is 4.41. The molecule has 0 fully saturated rings. The second kappa shape index (κ2) is 5.73. The standard InChI is InChI=1S/C16H15N5S/c1-2-5-14-13(4-1)20-11-21(14)8-3-7-17-15-12-6-9-22-16(12)19-10-18-15/h1-2,4-6,9-11H,3,7-8H2,(H,17,18,19). The molecule has 0 saturated carbocycles. The van der Waals surface area contributed by atoms with E-state index in [-0.39, 0.29) is 0 Å². The van der Waals surface area contributed by atoms with Crippen molar-refractivity contribution in [2.45, 2.75) is 13.0 Å². The van der Waals surface area contributed by atoms with Crippen LogP contribution in [0.3, 0.4) is 0 Å². The molecule has 5 nitrogen and oxygen atoms in total. The van der Waals surface area contributed by atoms with E-state index >= 15 is 0 Å². The van der Waals surface area contributed by atoms with Crippen molar-refractivity contribution >= 4 is 38.4 Å². The monoisotopic (exact) mass is 309 g/mol. The fourth-order valence-electron chi connectivity index (χ4n) is 2.58. The van der Waals surface area contributed by atoms with Gasteiger partial charge in [-0.15, -0.1) is 11.3 Å². The van der Waals surface area contributed by atoms with Crippen molar-refractivity contribution in [1.82, 2.24) is 19.5 Å². The highest BCUT2D eigenvalue weighted by atomic mass is 32.1. The molecule has 22 heavy (non-hydrogen) atoms. The molecular weight excluding hydrogens is 294 g/mol. The third kappa shape index (κ3) is 2.42. The van der Waals surface area contributed by atoms with Crippen LogP contribution in [0.15, 0.2) is 48.4 Å². The van der Waals surface area contributed by atoms with E-state index in [9.17, 15) is 0 Å². The third-order valence-corrected chi connectivity index (χ3v) is 4.48. The summed E-state index contributed by atoms with van der Waals surface area (Å²) in [5, 5.41) is 6.55. The fraction of sp³-hybridized carbons (Fsp3) is 0.188. The molecule has 1 N–H and O–H groups in total. The number of rotatable bonds is 5. The van der Waals surface area contributed by atoms with Gasteiger partial charge in [0.05, 0.1) is 22.7 Å². The van der Waals surface area contributed by atoms with Gasteiger partial charge in [-0.05, 0) is 30.0 Å². The van der Waals surface area contributed by atoms with E-state index in [4.69, 9.17) is 0 Å². The molecule has 3 heterocycles. The lowest BCUT2D eigenvalue weighted by atomic mass is 10.3. The quantitative estimate of drug-likeness (QED) is 0.573. The van der Waals surface area contributed by atoms with Crippen LogP contribution < -0.4 is 5.32 Å². The lowest BCUT2D eigenvalue weighted by Gasteiger charge is -2.07. The Hall–Kier alpha value is -2.47. The van der Waals surface area contributed by atoms with Crippen molar-refractivity contribution in [2.24, 2.45) is 0 Å². The first-order valence-electron chi connectivity index (χ1n) is 7.24. The molecule has 4 aromatic rings. The Balaban J connectivity index is 1.40. The summed E-state index contributed by atoms with van der Waals surface area (Å²) in [4.78, 5) is 14.0. The van der Waals surface area contributed by atoms with Crippen molar-refractivity contribution in [1.29, 1.82) is 0 Å². The Morgan fingerprint density at radius 2 is 2.05 bits per heavy atom. The van der Waals surface area contributed by atoms with E-state index in [1.165, 1.54) is 5.52 Å². The summed E-state index contributed by atoms with van der Waals surface area (Å²) in [6.45, 7) is 1.81. The van der Waals surface area contributed by atoms with Gasteiger partial charge in [0.25, 0.3) is 0 Å². The molecular formula is C16H15N5S. The van der Waals surface area contributed by atoms with Crippen molar-refractivity contribution in [2.75, 3.05) is 11.9 Å². The number of anilines is 1. The zero-order chi connectivity index (χ0) is 14.8. The van der Waals surface area contributed by atoms with Crippen molar-refractivity contribution in [3.8, 4) is 0 Å². The number of hydrogen-bond acceptors (Lipinski definition) is 5. The summed E-state index contributed by atoms with van der Waals surface area (Å²) >= 11 is 1.64. The average Bonchev–Trinajstić information content (AvgIpc) is 3.19. The Labute approximate surface area is 131 Å². The number of aromatic nitrogens is 4. The minimum Gasteiger partial charge on any atom is -0.369 e. The van der Waals surface area contributed by atoms with Crippen LogP contribution >= 0.6 is 11.3 Å². The zero-order valence-corrected chi connectivity index (χ0v) is 12.8. The van der Waals surface area contributed by atoms with Crippen LogP contribution in [0.1, 0.15) is 6.42 Å². The molecule has 0 aliphatic carbocycles. The minimum atomic E-state index is 0.870. The smallest absolute Gasteiger partial charge is 0.138 e. The SMILES string of the molecule is c1ccc2c(c1)ncn2CCCNc1ncnc2sccc12. The molecule has 4 rings (SSSR count). The van der Waals surface area contributed by atoms with E-state index in [1.807, 2.05) is 29.9 Å². The first-order chi connectivity index (χ1) is 10.9. The molecule has 0 spiro atoms. The van der Waals surface area contributed by atoms with E-state index < -0.39 is 0 Å². The number of hydrogen-bond donors (Lipinski definition) is 1. The van der Waals surface area contributed by atoms with E-state index in [0.717, 1.165) is 41.1 Å². The van der Waals surface area contributed by atoms with Gasteiger partial charge in [0.1, 0.15) is 17.0 Å². The maximum atomic E-state index is 4.41. The van der Waals surface area contributed by atoms with Crippen LogP contribution in [0.4, 0.5) is 5.82 Å². The third-order valence-electron chi connectivity index (χ3n) is 3.66. The van der Waals surface area contributed by atoms with Crippen LogP contribution in [0.2, 0.25) is 0 Å². The molecule has 1 aromatic carbocycles.